The van der Waals surface area contributed by atoms with Crippen LogP contribution in [0.1, 0.15) is 24.8 Å². The standard InChI is InChI=1S/C14H18F3NO/c1-18-9-8-13(10-2-3-10)19-12-6-4-11(5-7-12)14(15,16)17/h4-7,10,13,18H,2-3,8-9H2,1H3. The molecule has 0 aromatic heterocycles. The van der Waals surface area contributed by atoms with E-state index in [1.54, 1.807) is 0 Å². The Morgan fingerprint density at radius 1 is 1.26 bits per heavy atom. The van der Waals surface area contributed by atoms with E-state index < -0.39 is 11.7 Å². The fourth-order valence-electron chi connectivity index (χ4n) is 2.04. The van der Waals surface area contributed by atoms with Gasteiger partial charge in [0.15, 0.2) is 0 Å². The first-order valence-corrected chi connectivity index (χ1v) is 6.49. The van der Waals surface area contributed by atoms with E-state index in [9.17, 15) is 13.2 Å². The van der Waals surface area contributed by atoms with Crippen LogP contribution in [0.5, 0.6) is 5.75 Å². The number of alkyl halides is 3. The summed E-state index contributed by atoms with van der Waals surface area (Å²) in [5.41, 5.74) is -0.641. The molecule has 5 heteroatoms. The van der Waals surface area contributed by atoms with E-state index in [4.69, 9.17) is 4.74 Å². The third-order valence-electron chi connectivity index (χ3n) is 3.30. The minimum absolute atomic E-state index is 0.101. The van der Waals surface area contributed by atoms with Gasteiger partial charge in [0.05, 0.1) is 5.56 Å². The van der Waals surface area contributed by atoms with Crippen LogP contribution in [0.4, 0.5) is 13.2 Å². The maximum absolute atomic E-state index is 12.4. The summed E-state index contributed by atoms with van der Waals surface area (Å²) >= 11 is 0. The number of hydrogen-bond acceptors (Lipinski definition) is 2. The molecule has 19 heavy (non-hydrogen) atoms. The number of benzene rings is 1. The van der Waals surface area contributed by atoms with Crippen LogP contribution in [0.15, 0.2) is 24.3 Å². The van der Waals surface area contributed by atoms with E-state index >= 15 is 0 Å². The van der Waals surface area contributed by atoms with Gasteiger partial charge in [0, 0.05) is 0 Å². The molecule has 1 aromatic carbocycles. The lowest BCUT2D eigenvalue weighted by molar-refractivity contribution is -0.137. The molecule has 1 saturated carbocycles. The third-order valence-corrected chi connectivity index (χ3v) is 3.30. The van der Waals surface area contributed by atoms with Crippen LogP contribution >= 0.6 is 0 Å². The largest absolute Gasteiger partial charge is 0.490 e. The predicted molar refractivity (Wildman–Crippen MR) is 67.1 cm³/mol. The number of nitrogens with one attached hydrogen (secondary N) is 1. The smallest absolute Gasteiger partial charge is 0.416 e. The molecular formula is C14H18F3NO. The van der Waals surface area contributed by atoms with Crippen LogP contribution in [-0.2, 0) is 6.18 Å². The van der Waals surface area contributed by atoms with Gasteiger partial charge in [-0.1, -0.05) is 0 Å². The lowest BCUT2D eigenvalue weighted by atomic mass is 10.1. The van der Waals surface area contributed by atoms with Crippen molar-refractivity contribution in [2.45, 2.75) is 31.5 Å². The molecule has 2 rings (SSSR count). The van der Waals surface area contributed by atoms with E-state index in [1.165, 1.54) is 12.1 Å². The van der Waals surface area contributed by atoms with Gasteiger partial charge < -0.3 is 10.1 Å². The monoisotopic (exact) mass is 273 g/mol. The lowest BCUT2D eigenvalue weighted by Gasteiger charge is -2.19. The van der Waals surface area contributed by atoms with Crippen molar-refractivity contribution in [2.75, 3.05) is 13.6 Å². The van der Waals surface area contributed by atoms with Crippen LogP contribution in [0.2, 0.25) is 0 Å². The van der Waals surface area contributed by atoms with Crippen LogP contribution in [0, 0.1) is 5.92 Å². The third kappa shape index (κ3) is 4.13. The van der Waals surface area contributed by atoms with Crippen molar-refractivity contribution in [3.8, 4) is 5.75 Å². The molecule has 0 bridgehead atoms. The van der Waals surface area contributed by atoms with Crippen molar-refractivity contribution in [2.24, 2.45) is 5.92 Å². The average Bonchev–Trinajstić information content (AvgIpc) is 3.18. The van der Waals surface area contributed by atoms with Gasteiger partial charge in [-0.3, -0.25) is 0 Å². The van der Waals surface area contributed by atoms with E-state index in [2.05, 4.69) is 5.32 Å². The fourth-order valence-corrected chi connectivity index (χ4v) is 2.04. The SMILES string of the molecule is CNCCC(Oc1ccc(C(F)(F)F)cc1)C1CC1. The Kier molecular flexibility index (Phi) is 4.34. The number of rotatable bonds is 6. The van der Waals surface area contributed by atoms with Crippen molar-refractivity contribution in [3.05, 3.63) is 29.8 Å². The molecule has 1 fully saturated rings. The molecule has 0 saturated heterocycles. The van der Waals surface area contributed by atoms with Gasteiger partial charge in [0.1, 0.15) is 11.9 Å². The molecule has 0 amide bonds. The molecule has 0 radical (unpaired) electrons. The van der Waals surface area contributed by atoms with Gasteiger partial charge >= 0.3 is 6.18 Å². The second kappa shape index (κ2) is 5.82. The summed E-state index contributed by atoms with van der Waals surface area (Å²) in [6.45, 7) is 0.849. The molecule has 0 aliphatic heterocycles. The van der Waals surface area contributed by atoms with Gasteiger partial charge in [-0.2, -0.15) is 13.2 Å². The first-order chi connectivity index (χ1) is 9.00. The molecule has 0 spiro atoms. The van der Waals surface area contributed by atoms with Crippen LogP contribution in [-0.4, -0.2) is 19.7 Å². The quantitative estimate of drug-likeness (QED) is 0.857. The fraction of sp³-hybridized carbons (Fsp3) is 0.571. The van der Waals surface area contributed by atoms with Crippen molar-refractivity contribution < 1.29 is 17.9 Å². The minimum atomic E-state index is -4.29. The van der Waals surface area contributed by atoms with Crippen LogP contribution in [0.3, 0.4) is 0 Å². The summed E-state index contributed by atoms with van der Waals surface area (Å²) in [4.78, 5) is 0. The number of ether oxygens (including phenoxy) is 1. The minimum Gasteiger partial charge on any atom is -0.490 e. The summed E-state index contributed by atoms with van der Waals surface area (Å²) in [5.74, 6) is 1.07. The first-order valence-electron chi connectivity index (χ1n) is 6.49. The second-order valence-corrected chi connectivity index (χ2v) is 4.91. The van der Waals surface area contributed by atoms with E-state index in [1.807, 2.05) is 7.05 Å². The maximum atomic E-state index is 12.4. The molecular weight excluding hydrogens is 255 g/mol. The average molecular weight is 273 g/mol. The van der Waals surface area contributed by atoms with Crippen LogP contribution < -0.4 is 10.1 Å². The molecule has 0 heterocycles. The zero-order chi connectivity index (χ0) is 13.9. The summed E-state index contributed by atoms with van der Waals surface area (Å²) in [6, 6.07) is 4.93. The molecule has 1 aromatic rings. The molecule has 2 nitrogen and oxygen atoms in total. The van der Waals surface area contributed by atoms with Gasteiger partial charge in [-0.05, 0) is 63.0 Å². The second-order valence-electron chi connectivity index (χ2n) is 4.91. The highest BCUT2D eigenvalue weighted by Crippen LogP contribution is 2.37. The van der Waals surface area contributed by atoms with Gasteiger partial charge in [-0.25, -0.2) is 0 Å². The van der Waals surface area contributed by atoms with E-state index in [-0.39, 0.29) is 6.10 Å². The van der Waals surface area contributed by atoms with Gasteiger partial charge in [0.2, 0.25) is 0 Å². The molecule has 1 aliphatic carbocycles. The van der Waals surface area contributed by atoms with E-state index in [0.29, 0.717) is 11.7 Å². The Bertz CT molecular complexity index is 398. The predicted octanol–water partition coefficient (Wildman–Crippen LogP) is 3.47. The summed E-state index contributed by atoms with van der Waals surface area (Å²) in [5, 5.41) is 3.07. The molecule has 106 valence electrons. The maximum Gasteiger partial charge on any atom is 0.416 e. The molecule has 1 aliphatic rings. The van der Waals surface area contributed by atoms with Crippen molar-refractivity contribution in [1.29, 1.82) is 0 Å². The van der Waals surface area contributed by atoms with Crippen molar-refractivity contribution in [3.63, 3.8) is 0 Å². The Labute approximate surface area is 111 Å². The molecule has 1 atom stereocenters. The topological polar surface area (TPSA) is 21.3 Å². The Morgan fingerprint density at radius 3 is 2.37 bits per heavy atom. The normalized spacial score (nSPS) is 17.3. The van der Waals surface area contributed by atoms with E-state index in [0.717, 1.165) is 37.9 Å². The van der Waals surface area contributed by atoms with Crippen molar-refractivity contribution in [1.82, 2.24) is 5.32 Å². The summed E-state index contributed by atoms with van der Waals surface area (Å²) in [6.07, 6.45) is -1.02. The number of hydrogen-bond donors (Lipinski definition) is 1. The zero-order valence-electron chi connectivity index (χ0n) is 10.8. The highest BCUT2D eigenvalue weighted by Gasteiger charge is 2.33. The van der Waals surface area contributed by atoms with Crippen LogP contribution in [0.25, 0.3) is 0 Å². The lowest BCUT2D eigenvalue weighted by Crippen LogP contribution is -2.24. The highest BCUT2D eigenvalue weighted by atomic mass is 19.4. The Balaban J connectivity index is 1.97. The Morgan fingerprint density at radius 2 is 1.89 bits per heavy atom. The Hall–Kier alpha value is -1.23. The van der Waals surface area contributed by atoms with Gasteiger partial charge in [-0.15, -0.1) is 0 Å². The first kappa shape index (κ1) is 14.2. The molecule has 1 unspecified atom stereocenters. The van der Waals surface area contributed by atoms with Gasteiger partial charge in [0.25, 0.3) is 0 Å². The highest BCUT2D eigenvalue weighted by molar-refractivity contribution is 5.29. The number of halogens is 3. The zero-order valence-corrected chi connectivity index (χ0v) is 10.8. The molecule has 1 N–H and O–H groups in total. The summed E-state index contributed by atoms with van der Waals surface area (Å²) in [7, 11) is 1.88. The van der Waals surface area contributed by atoms with Crippen molar-refractivity contribution >= 4 is 0 Å². The summed E-state index contributed by atoms with van der Waals surface area (Å²) < 4.78 is 43.1.